The molecule has 3 unspecified atom stereocenters. The molecular weight excluding hydrogens is 378 g/mol. The number of unbranched alkanes of at least 4 members (excludes halogenated alkanes) is 1. The van der Waals surface area contributed by atoms with E-state index in [0.717, 1.165) is 29.8 Å². The molecule has 3 heterocycles. The minimum Gasteiger partial charge on any atom is -0.345 e. The van der Waals surface area contributed by atoms with E-state index in [1.807, 2.05) is 22.7 Å². The highest BCUT2D eigenvalue weighted by atomic mass is 32.2. The molecule has 2 N–H and O–H groups in total. The zero-order valence-corrected chi connectivity index (χ0v) is 16.5. The topological polar surface area (TPSA) is 129 Å². The van der Waals surface area contributed by atoms with Crippen LogP contribution in [-0.4, -0.2) is 44.8 Å². The van der Waals surface area contributed by atoms with E-state index in [1.54, 1.807) is 6.20 Å². The van der Waals surface area contributed by atoms with Gasteiger partial charge in [0.05, 0.1) is 23.5 Å². The molecule has 0 spiro atoms. The summed E-state index contributed by atoms with van der Waals surface area (Å²) < 4.78 is 29.5. The van der Waals surface area contributed by atoms with Crippen molar-refractivity contribution >= 4 is 26.8 Å². The van der Waals surface area contributed by atoms with Gasteiger partial charge < -0.3 is 4.98 Å². The second kappa shape index (κ2) is 7.48. The molecule has 4 rings (SSSR count). The van der Waals surface area contributed by atoms with E-state index in [9.17, 15) is 8.42 Å². The van der Waals surface area contributed by atoms with Gasteiger partial charge in [-0.3, -0.25) is 4.40 Å². The summed E-state index contributed by atoms with van der Waals surface area (Å²) in [6.07, 6.45) is 6.53. The van der Waals surface area contributed by atoms with Gasteiger partial charge in [0.1, 0.15) is 5.82 Å². The predicted molar refractivity (Wildman–Crippen MR) is 104 cm³/mol. The summed E-state index contributed by atoms with van der Waals surface area (Å²) in [5.41, 5.74) is 2.39. The average molecular weight is 401 g/mol. The molecule has 1 fully saturated rings. The second-order valence-electron chi connectivity index (χ2n) is 7.36. The van der Waals surface area contributed by atoms with Crippen LogP contribution >= 0.6 is 0 Å². The van der Waals surface area contributed by atoms with Gasteiger partial charge in [0.15, 0.2) is 11.3 Å². The third-order valence-corrected chi connectivity index (χ3v) is 7.08. The molecule has 0 aliphatic heterocycles. The monoisotopic (exact) mass is 401 g/mol. The molecule has 3 aromatic rings. The molecule has 1 saturated carbocycles. The molecule has 28 heavy (non-hydrogen) atoms. The fourth-order valence-electron chi connectivity index (χ4n) is 4.28. The molecule has 148 valence electrons. The summed E-state index contributed by atoms with van der Waals surface area (Å²) in [5, 5.41) is 17.3. The number of sulfonamides is 1. The summed E-state index contributed by atoms with van der Waals surface area (Å²) in [4.78, 5) is 7.46. The smallest absolute Gasteiger partial charge is 0.211 e. The highest BCUT2D eigenvalue weighted by molar-refractivity contribution is 7.89. The Morgan fingerprint density at radius 2 is 2.25 bits per heavy atom. The van der Waals surface area contributed by atoms with Gasteiger partial charge in [0, 0.05) is 24.6 Å². The number of hydrogen-bond donors (Lipinski definition) is 2. The van der Waals surface area contributed by atoms with Gasteiger partial charge in [-0.25, -0.2) is 18.1 Å². The highest BCUT2D eigenvalue weighted by Crippen LogP contribution is 2.41. The van der Waals surface area contributed by atoms with Crippen molar-refractivity contribution in [2.75, 3.05) is 5.75 Å². The lowest BCUT2D eigenvalue weighted by Crippen LogP contribution is -2.34. The lowest BCUT2D eigenvalue weighted by atomic mass is 9.93. The molecule has 3 atom stereocenters. The Hall–Kier alpha value is -2.51. The lowest BCUT2D eigenvalue weighted by molar-refractivity contribution is 0.449. The van der Waals surface area contributed by atoms with Crippen LogP contribution in [0.2, 0.25) is 0 Å². The minimum absolute atomic E-state index is 0.0119. The molecule has 0 amide bonds. The van der Waals surface area contributed by atoms with E-state index in [1.165, 1.54) is 0 Å². The summed E-state index contributed by atoms with van der Waals surface area (Å²) >= 11 is 0. The quantitative estimate of drug-likeness (QED) is 0.583. The molecule has 1 aliphatic carbocycles. The van der Waals surface area contributed by atoms with Gasteiger partial charge in [-0.1, -0.05) is 13.3 Å². The van der Waals surface area contributed by atoms with Crippen LogP contribution in [0.5, 0.6) is 0 Å². The SMILES string of the molecule is CCC1CC(NS(=O)(=O)CCCC#N)CC1c1nnc2cnc3[nH]ccc3n12. The number of rotatable bonds is 7. The van der Waals surface area contributed by atoms with Gasteiger partial charge in [-0.2, -0.15) is 5.26 Å². The van der Waals surface area contributed by atoms with E-state index < -0.39 is 10.0 Å². The van der Waals surface area contributed by atoms with Crippen LogP contribution in [0.1, 0.15) is 50.8 Å². The summed E-state index contributed by atoms with van der Waals surface area (Å²) in [6, 6.07) is 3.81. The first-order valence-corrected chi connectivity index (χ1v) is 11.2. The van der Waals surface area contributed by atoms with Crippen molar-refractivity contribution in [3.63, 3.8) is 0 Å². The Morgan fingerprint density at radius 1 is 1.39 bits per heavy atom. The Morgan fingerprint density at radius 3 is 3.04 bits per heavy atom. The first-order chi connectivity index (χ1) is 13.5. The van der Waals surface area contributed by atoms with E-state index in [0.29, 0.717) is 24.4 Å². The third kappa shape index (κ3) is 3.47. The number of aromatic nitrogens is 5. The normalized spacial score (nSPS) is 22.8. The zero-order chi connectivity index (χ0) is 19.7. The maximum absolute atomic E-state index is 12.3. The molecule has 0 bridgehead atoms. The van der Waals surface area contributed by atoms with Crippen LogP contribution in [0.3, 0.4) is 0 Å². The van der Waals surface area contributed by atoms with Gasteiger partial charge in [0.25, 0.3) is 0 Å². The average Bonchev–Trinajstić information content (AvgIpc) is 3.37. The van der Waals surface area contributed by atoms with Crippen LogP contribution in [0.4, 0.5) is 0 Å². The summed E-state index contributed by atoms with van der Waals surface area (Å²) in [5.74, 6) is 1.29. The van der Waals surface area contributed by atoms with Crippen LogP contribution in [-0.2, 0) is 10.0 Å². The Balaban J connectivity index is 1.59. The predicted octanol–water partition coefficient (Wildman–Crippen LogP) is 2.10. The summed E-state index contributed by atoms with van der Waals surface area (Å²) in [6.45, 7) is 2.12. The van der Waals surface area contributed by atoms with Gasteiger partial charge in [0.2, 0.25) is 10.0 Å². The second-order valence-corrected chi connectivity index (χ2v) is 9.24. The third-order valence-electron chi connectivity index (χ3n) is 5.57. The molecule has 0 radical (unpaired) electrons. The van der Waals surface area contributed by atoms with Crippen molar-refractivity contribution in [1.82, 2.24) is 29.3 Å². The van der Waals surface area contributed by atoms with Crippen LogP contribution in [0.15, 0.2) is 18.5 Å². The summed E-state index contributed by atoms with van der Waals surface area (Å²) in [7, 11) is -3.39. The van der Waals surface area contributed by atoms with Gasteiger partial charge in [-0.05, 0) is 31.2 Å². The Labute approximate surface area is 163 Å². The maximum atomic E-state index is 12.3. The Kier molecular flexibility index (Phi) is 5.03. The molecule has 1 aliphatic rings. The number of nitrogens with one attached hydrogen (secondary N) is 2. The molecule has 3 aromatic heterocycles. The van der Waals surface area contributed by atoms with Crippen LogP contribution < -0.4 is 4.72 Å². The van der Waals surface area contributed by atoms with E-state index in [2.05, 4.69) is 31.8 Å². The number of fused-ring (bicyclic) bond motifs is 3. The molecular formula is C18H23N7O2S. The standard InChI is InChI=1S/C18H23N7O2S/c1-2-12-9-13(24-28(26,27)8-4-3-6-19)10-14(12)18-23-22-16-11-21-17-15(25(16)18)5-7-20-17/h5,7,11-14,20,24H,2-4,8-10H2,1H3. The minimum atomic E-state index is -3.39. The van der Waals surface area contributed by atoms with Crippen molar-refractivity contribution in [3.8, 4) is 6.07 Å². The van der Waals surface area contributed by atoms with Crippen molar-refractivity contribution in [2.24, 2.45) is 5.92 Å². The van der Waals surface area contributed by atoms with Crippen LogP contribution in [0, 0.1) is 17.2 Å². The van der Waals surface area contributed by atoms with Crippen LogP contribution in [0.25, 0.3) is 16.8 Å². The lowest BCUT2D eigenvalue weighted by Gasteiger charge is -2.16. The molecule has 9 nitrogen and oxygen atoms in total. The largest absolute Gasteiger partial charge is 0.345 e. The Bertz CT molecular complexity index is 1130. The highest BCUT2D eigenvalue weighted by Gasteiger charge is 2.38. The number of hydrogen-bond acceptors (Lipinski definition) is 6. The fraction of sp³-hybridized carbons (Fsp3) is 0.556. The first-order valence-electron chi connectivity index (χ1n) is 9.56. The zero-order valence-electron chi connectivity index (χ0n) is 15.7. The molecule has 0 saturated heterocycles. The number of nitrogens with zero attached hydrogens (tertiary/aromatic N) is 5. The van der Waals surface area contributed by atoms with Crippen molar-refractivity contribution < 1.29 is 8.42 Å². The number of H-pyrrole nitrogens is 1. The fourth-order valence-corrected chi connectivity index (χ4v) is 5.62. The van der Waals surface area contributed by atoms with Crippen molar-refractivity contribution in [2.45, 2.75) is 51.0 Å². The van der Waals surface area contributed by atoms with Crippen molar-refractivity contribution in [3.05, 3.63) is 24.3 Å². The maximum Gasteiger partial charge on any atom is 0.211 e. The van der Waals surface area contributed by atoms with Gasteiger partial charge >= 0.3 is 0 Å². The van der Waals surface area contributed by atoms with Crippen molar-refractivity contribution in [1.29, 1.82) is 5.26 Å². The van der Waals surface area contributed by atoms with Gasteiger partial charge in [-0.15, -0.1) is 10.2 Å². The number of aromatic amines is 1. The van der Waals surface area contributed by atoms with E-state index >= 15 is 0 Å². The number of nitriles is 1. The first kappa shape index (κ1) is 18.8. The molecule has 0 aromatic carbocycles. The van der Waals surface area contributed by atoms with E-state index in [4.69, 9.17) is 5.26 Å². The molecule has 10 heteroatoms. The van der Waals surface area contributed by atoms with E-state index in [-0.39, 0.29) is 24.1 Å².